The Kier molecular flexibility index (Phi) is 16.9. The van der Waals surface area contributed by atoms with E-state index in [9.17, 15) is 0 Å². The Labute approximate surface area is 177 Å². The Morgan fingerprint density at radius 3 is 2.46 bits per heavy atom. The third-order valence-electron chi connectivity index (χ3n) is 4.38. The monoisotopic (exact) mass is 484 g/mol. The predicted octanol–water partition coefficient (Wildman–Crippen LogP) is 2.58. The van der Waals surface area contributed by atoms with E-state index < -0.39 is 0 Å². The van der Waals surface area contributed by atoms with Crippen LogP contribution in [0.15, 0.2) is 4.99 Å². The van der Waals surface area contributed by atoms with E-state index in [0.29, 0.717) is 13.2 Å². The molecule has 0 radical (unpaired) electrons. The molecule has 1 fully saturated rings. The first kappa shape index (κ1) is 25.9. The fraction of sp³-hybridized carbons (Fsp3) is 0.947. The summed E-state index contributed by atoms with van der Waals surface area (Å²) in [5, 5.41) is 6.76. The molecule has 0 saturated carbocycles. The highest BCUT2D eigenvalue weighted by Gasteiger charge is 2.20. The van der Waals surface area contributed by atoms with Gasteiger partial charge in [-0.15, -0.1) is 24.0 Å². The Hall–Kier alpha value is -0.120. The molecule has 2 atom stereocenters. The summed E-state index contributed by atoms with van der Waals surface area (Å²) in [6, 6.07) is 0. The number of nitrogens with zero attached hydrogens (tertiary/aromatic N) is 2. The smallest absolute Gasteiger partial charge is 0.191 e. The highest BCUT2D eigenvalue weighted by atomic mass is 127. The number of hydrogen-bond donors (Lipinski definition) is 2. The van der Waals surface area contributed by atoms with Crippen LogP contribution >= 0.6 is 24.0 Å². The van der Waals surface area contributed by atoms with Gasteiger partial charge in [0.05, 0.1) is 13.2 Å². The van der Waals surface area contributed by atoms with Crippen LogP contribution in [0, 0.1) is 11.8 Å². The molecule has 2 N–H and O–H groups in total. The Bertz CT molecular complexity index is 348. The van der Waals surface area contributed by atoms with Crippen molar-refractivity contribution in [1.29, 1.82) is 0 Å². The van der Waals surface area contributed by atoms with Gasteiger partial charge in [-0.2, -0.15) is 0 Å². The average Bonchev–Trinajstić information content (AvgIpc) is 2.57. The summed E-state index contributed by atoms with van der Waals surface area (Å²) in [5.41, 5.74) is 0. The first-order chi connectivity index (χ1) is 12.2. The molecule has 2 unspecified atom stereocenters. The Balaban J connectivity index is 0.00000625. The van der Waals surface area contributed by atoms with Crippen LogP contribution in [0.25, 0.3) is 0 Å². The van der Waals surface area contributed by atoms with Gasteiger partial charge in [0.25, 0.3) is 0 Å². The van der Waals surface area contributed by atoms with E-state index in [0.717, 1.165) is 56.9 Å². The summed E-state index contributed by atoms with van der Waals surface area (Å²) in [6.07, 6.45) is 3.47. The molecule has 0 aromatic heterocycles. The van der Waals surface area contributed by atoms with Crippen LogP contribution in [0.1, 0.15) is 40.0 Å². The van der Waals surface area contributed by atoms with Crippen molar-refractivity contribution in [2.24, 2.45) is 16.8 Å². The fourth-order valence-electron chi connectivity index (χ4n) is 3.43. The third kappa shape index (κ3) is 13.1. The maximum absolute atomic E-state index is 5.46. The number of likely N-dealkylation sites (tertiary alicyclic amines) is 1. The van der Waals surface area contributed by atoms with Gasteiger partial charge in [0.2, 0.25) is 0 Å². The first-order valence-corrected chi connectivity index (χ1v) is 9.96. The Morgan fingerprint density at radius 1 is 1.08 bits per heavy atom. The normalized spacial score (nSPS) is 21.3. The second-order valence-corrected chi connectivity index (χ2v) is 7.21. The number of hydrogen-bond acceptors (Lipinski definition) is 4. The highest BCUT2D eigenvalue weighted by Crippen LogP contribution is 2.20. The highest BCUT2D eigenvalue weighted by molar-refractivity contribution is 14.0. The summed E-state index contributed by atoms with van der Waals surface area (Å²) in [6.45, 7) is 15.2. The lowest BCUT2D eigenvalue weighted by atomic mass is 9.92. The number of methoxy groups -OCH3 is 1. The van der Waals surface area contributed by atoms with Crippen LogP contribution in [0.2, 0.25) is 0 Å². The van der Waals surface area contributed by atoms with Crippen molar-refractivity contribution in [2.45, 2.75) is 40.0 Å². The molecular weight excluding hydrogens is 443 g/mol. The summed E-state index contributed by atoms with van der Waals surface area (Å²) < 4.78 is 10.4. The first-order valence-electron chi connectivity index (χ1n) is 9.96. The standard InChI is InChI=1S/C19H40N4O2.HI/c1-5-20-19(22-9-7-11-25-13-12-24-4)21-8-6-10-23-15-17(2)14-18(3)16-23;/h17-18H,5-16H2,1-4H3,(H2,20,21,22);1H. The number of ether oxygens (including phenoxy) is 2. The summed E-state index contributed by atoms with van der Waals surface area (Å²) in [5.74, 6) is 2.59. The van der Waals surface area contributed by atoms with Crippen LogP contribution in [-0.2, 0) is 9.47 Å². The molecular formula is C19H41IN4O2. The molecule has 1 aliphatic heterocycles. The van der Waals surface area contributed by atoms with Gasteiger partial charge in [0.1, 0.15) is 0 Å². The van der Waals surface area contributed by atoms with Crippen molar-refractivity contribution in [1.82, 2.24) is 15.5 Å². The zero-order chi connectivity index (χ0) is 18.3. The van der Waals surface area contributed by atoms with Crippen molar-refractivity contribution >= 4 is 29.9 Å². The minimum atomic E-state index is 0. The van der Waals surface area contributed by atoms with E-state index >= 15 is 0 Å². The van der Waals surface area contributed by atoms with E-state index in [2.05, 4.69) is 41.3 Å². The molecule has 1 saturated heterocycles. The molecule has 1 rings (SSSR count). The van der Waals surface area contributed by atoms with Crippen LogP contribution in [-0.4, -0.2) is 77.1 Å². The summed E-state index contributed by atoms with van der Waals surface area (Å²) >= 11 is 0. The van der Waals surface area contributed by atoms with Crippen molar-refractivity contribution in [3.8, 4) is 0 Å². The molecule has 0 bridgehead atoms. The lowest BCUT2D eigenvalue weighted by Crippen LogP contribution is -2.41. The molecule has 0 aromatic carbocycles. The SMILES string of the molecule is CCNC(=NCCCOCCOC)NCCCN1CC(C)CC(C)C1.I. The second-order valence-electron chi connectivity index (χ2n) is 7.21. The van der Waals surface area contributed by atoms with E-state index in [-0.39, 0.29) is 24.0 Å². The number of rotatable bonds is 12. The Morgan fingerprint density at radius 2 is 1.81 bits per heavy atom. The quantitative estimate of drug-likeness (QED) is 0.193. The molecule has 1 aliphatic rings. The van der Waals surface area contributed by atoms with Crippen LogP contribution in [0.5, 0.6) is 0 Å². The van der Waals surface area contributed by atoms with E-state index in [1.165, 1.54) is 26.1 Å². The molecule has 0 amide bonds. The van der Waals surface area contributed by atoms with E-state index in [1.807, 2.05) is 0 Å². The van der Waals surface area contributed by atoms with Gasteiger partial charge in [-0.05, 0) is 44.6 Å². The fourth-order valence-corrected chi connectivity index (χ4v) is 3.43. The summed E-state index contributed by atoms with van der Waals surface area (Å²) in [4.78, 5) is 7.22. The van der Waals surface area contributed by atoms with Gasteiger partial charge in [-0.3, -0.25) is 4.99 Å². The minimum Gasteiger partial charge on any atom is -0.382 e. The molecule has 6 nitrogen and oxygen atoms in total. The van der Waals surface area contributed by atoms with Gasteiger partial charge in [0, 0.05) is 46.4 Å². The zero-order valence-corrected chi connectivity index (χ0v) is 19.6. The van der Waals surface area contributed by atoms with Gasteiger partial charge in [0.15, 0.2) is 5.96 Å². The minimum absolute atomic E-state index is 0. The van der Waals surface area contributed by atoms with Crippen molar-refractivity contribution in [3.63, 3.8) is 0 Å². The maximum Gasteiger partial charge on any atom is 0.191 e. The van der Waals surface area contributed by atoms with Gasteiger partial charge < -0.3 is 25.0 Å². The molecule has 1 heterocycles. The predicted molar refractivity (Wildman–Crippen MR) is 121 cm³/mol. The summed E-state index contributed by atoms with van der Waals surface area (Å²) in [7, 11) is 1.69. The number of nitrogens with one attached hydrogen (secondary N) is 2. The van der Waals surface area contributed by atoms with E-state index in [4.69, 9.17) is 9.47 Å². The largest absolute Gasteiger partial charge is 0.382 e. The van der Waals surface area contributed by atoms with Crippen LogP contribution in [0.3, 0.4) is 0 Å². The third-order valence-corrected chi connectivity index (χ3v) is 4.38. The van der Waals surface area contributed by atoms with Crippen LogP contribution < -0.4 is 10.6 Å². The number of piperidine rings is 1. The number of halogens is 1. The van der Waals surface area contributed by atoms with Gasteiger partial charge in [-0.1, -0.05) is 13.8 Å². The lowest BCUT2D eigenvalue weighted by Gasteiger charge is -2.35. The lowest BCUT2D eigenvalue weighted by molar-refractivity contribution is 0.0702. The number of guanidine groups is 1. The molecule has 26 heavy (non-hydrogen) atoms. The van der Waals surface area contributed by atoms with Gasteiger partial charge >= 0.3 is 0 Å². The topological polar surface area (TPSA) is 58.1 Å². The molecule has 156 valence electrons. The maximum atomic E-state index is 5.46. The average molecular weight is 484 g/mol. The molecule has 0 spiro atoms. The van der Waals surface area contributed by atoms with Crippen LogP contribution in [0.4, 0.5) is 0 Å². The number of aliphatic imine (C=N–C) groups is 1. The zero-order valence-electron chi connectivity index (χ0n) is 17.3. The van der Waals surface area contributed by atoms with Crippen molar-refractivity contribution in [3.05, 3.63) is 0 Å². The van der Waals surface area contributed by atoms with Crippen molar-refractivity contribution in [2.75, 3.05) is 66.2 Å². The second kappa shape index (κ2) is 17.0. The van der Waals surface area contributed by atoms with Gasteiger partial charge in [-0.25, -0.2) is 0 Å². The van der Waals surface area contributed by atoms with Crippen molar-refractivity contribution < 1.29 is 9.47 Å². The van der Waals surface area contributed by atoms with E-state index in [1.54, 1.807) is 7.11 Å². The molecule has 0 aliphatic carbocycles. The molecule has 7 heteroatoms. The molecule has 0 aromatic rings.